The smallest absolute Gasteiger partial charge is 0.337 e. The summed E-state index contributed by atoms with van der Waals surface area (Å²) < 4.78 is 28.7. The zero-order valence-electron chi connectivity index (χ0n) is 13.9. The van der Waals surface area contributed by atoms with E-state index in [4.69, 9.17) is 0 Å². The third kappa shape index (κ3) is 3.33. The number of para-hydroxylation sites is 1. The summed E-state index contributed by atoms with van der Waals surface area (Å²) in [4.78, 5) is 25.2. The molecule has 1 aliphatic rings. The molecular weight excluding hydrogens is 330 g/mol. The number of likely N-dealkylation sites (tertiary alicyclic amines) is 1. The molecular formula is C17H20F2N4O2. The van der Waals surface area contributed by atoms with Crippen molar-refractivity contribution in [3.8, 4) is 5.69 Å². The first kappa shape index (κ1) is 17.3. The van der Waals surface area contributed by atoms with Gasteiger partial charge in [-0.15, -0.1) is 0 Å². The number of aromatic amines is 1. The number of piperidine rings is 1. The van der Waals surface area contributed by atoms with Gasteiger partial charge in [0.1, 0.15) is 5.82 Å². The highest BCUT2D eigenvalue weighted by molar-refractivity contribution is 5.83. The molecule has 1 aromatic carbocycles. The molecule has 0 saturated carbocycles. The third-order valence-electron chi connectivity index (χ3n) is 4.62. The van der Waals surface area contributed by atoms with Gasteiger partial charge in [0.2, 0.25) is 0 Å². The molecule has 6 nitrogen and oxygen atoms in total. The summed E-state index contributed by atoms with van der Waals surface area (Å²) in [5.41, 5.74) is 0.365. The number of alkyl halides is 2. The van der Waals surface area contributed by atoms with E-state index in [0.29, 0.717) is 24.4 Å². The van der Waals surface area contributed by atoms with Crippen molar-refractivity contribution in [3.63, 3.8) is 0 Å². The van der Waals surface area contributed by atoms with Crippen LogP contribution in [-0.4, -0.2) is 44.6 Å². The van der Waals surface area contributed by atoms with Crippen LogP contribution in [0, 0.1) is 0 Å². The van der Waals surface area contributed by atoms with Crippen molar-refractivity contribution >= 4 is 5.91 Å². The molecule has 134 valence electrons. The van der Waals surface area contributed by atoms with Crippen molar-refractivity contribution in [1.29, 1.82) is 0 Å². The van der Waals surface area contributed by atoms with Crippen LogP contribution in [0.1, 0.15) is 37.9 Å². The van der Waals surface area contributed by atoms with E-state index in [-0.39, 0.29) is 24.7 Å². The molecule has 2 heterocycles. The largest absolute Gasteiger partial charge is 0.347 e. The van der Waals surface area contributed by atoms with E-state index in [1.807, 2.05) is 18.2 Å². The van der Waals surface area contributed by atoms with Crippen LogP contribution in [0.2, 0.25) is 0 Å². The second-order valence-electron chi connectivity index (χ2n) is 6.18. The second-order valence-corrected chi connectivity index (χ2v) is 6.18. The van der Waals surface area contributed by atoms with Crippen molar-refractivity contribution in [2.24, 2.45) is 0 Å². The standard InChI is InChI=1S/C17H20F2N4O2/c1-2-17(18,19)15(24)22-10-8-12(9-11-22)14-20-21-16(25)23(14)13-6-4-3-5-7-13/h3-7,12H,2,8-11H2,1H3,(H,21,25). The Bertz CT molecular complexity index is 792. The van der Waals surface area contributed by atoms with Crippen molar-refractivity contribution < 1.29 is 13.6 Å². The Balaban J connectivity index is 1.77. The van der Waals surface area contributed by atoms with Gasteiger partial charge in [0.05, 0.1) is 5.69 Å². The maximum Gasteiger partial charge on any atom is 0.347 e. The fourth-order valence-electron chi connectivity index (χ4n) is 3.13. The van der Waals surface area contributed by atoms with Crippen LogP contribution in [0.5, 0.6) is 0 Å². The average molecular weight is 350 g/mol. The molecule has 25 heavy (non-hydrogen) atoms. The first-order valence-electron chi connectivity index (χ1n) is 8.34. The van der Waals surface area contributed by atoms with Gasteiger partial charge in [-0.2, -0.15) is 13.9 Å². The summed E-state index contributed by atoms with van der Waals surface area (Å²) in [6.07, 6.45) is 0.476. The molecule has 3 rings (SSSR count). The number of benzene rings is 1. The van der Waals surface area contributed by atoms with Gasteiger partial charge in [-0.05, 0) is 25.0 Å². The highest BCUT2D eigenvalue weighted by atomic mass is 19.3. The lowest BCUT2D eigenvalue weighted by molar-refractivity contribution is -0.158. The summed E-state index contributed by atoms with van der Waals surface area (Å²) >= 11 is 0. The Labute approximate surface area is 143 Å². The number of hydrogen-bond acceptors (Lipinski definition) is 3. The van der Waals surface area contributed by atoms with E-state index in [0.717, 1.165) is 0 Å². The molecule has 1 saturated heterocycles. The Morgan fingerprint density at radius 1 is 1.28 bits per heavy atom. The lowest BCUT2D eigenvalue weighted by atomic mass is 9.95. The summed E-state index contributed by atoms with van der Waals surface area (Å²) in [7, 11) is 0. The zero-order chi connectivity index (χ0) is 18.0. The van der Waals surface area contributed by atoms with E-state index in [2.05, 4.69) is 10.2 Å². The Kier molecular flexibility index (Phi) is 4.69. The van der Waals surface area contributed by atoms with E-state index in [1.165, 1.54) is 16.4 Å². The molecule has 8 heteroatoms. The quantitative estimate of drug-likeness (QED) is 0.920. The summed E-state index contributed by atoms with van der Waals surface area (Å²) in [6.45, 7) is 1.76. The predicted molar refractivity (Wildman–Crippen MR) is 88.0 cm³/mol. The molecule has 0 unspecified atom stereocenters. The highest BCUT2D eigenvalue weighted by Gasteiger charge is 2.41. The summed E-state index contributed by atoms with van der Waals surface area (Å²) in [5.74, 6) is -3.93. The SMILES string of the molecule is CCC(F)(F)C(=O)N1CCC(c2n[nH]c(=O)n2-c2ccccc2)CC1. The minimum Gasteiger partial charge on any atom is -0.337 e. The van der Waals surface area contributed by atoms with Gasteiger partial charge in [0.15, 0.2) is 0 Å². The van der Waals surface area contributed by atoms with Gasteiger partial charge in [-0.25, -0.2) is 14.5 Å². The van der Waals surface area contributed by atoms with Crippen molar-refractivity contribution in [1.82, 2.24) is 19.7 Å². The molecule has 1 fully saturated rings. The third-order valence-corrected chi connectivity index (χ3v) is 4.62. The molecule has 1 aliphatic heterocycles. The summed E-state index contributed by atoms with van der Waals surface area (Å²) in [6, 6.07) is 9.12. The number of halogens is 2. The topological polar surface area (TPSA) is 71.0 Å². The van der Waals surface area contributed by atoms with Crippen LogP contribution >= 0.6 is 0 Å². The molecule has 1 aromatic heterocycles. The fraction of sp³-hybridized carbons (Fsp3) is 0.471. The Morgan fingerprint density at radius 3 is 2.52 bits per heavy atom. The number of nitrogens with zero attached hydrogens (tertiary/aromatic N) is 3. The number of aromatic nitrogens is 3. The first-order valence-corrected chi connectivity index (χ1v) is 8.34. The van der Waals surface area contributed by atoms with Crippen LogP contribution in [0.25, 0.3) is 5.69 Å². The van der Waals surface area contributed by atoms with E-state index >= 15 is 0 Å². The van der Waals surface area contributed by atoms with Gasteiger partial charge in [0, 0.05) is 25.4 Å². The molecule has 0 aliphatic carbocycles. The van der Waals surface area contributed by atoms with Gasteiger partial charge in [0.25, 0.3) is 5.91 Å². The molecule has 0 radical (unpaired) electrons. The predicted octanol–water partition coefficient (Wildman–Crippen LogP) is 2.31. The maximum absolute atomic E-state index is 13.6. The zero-order valence-corrected chi connectivity index (χ0v) is 13.9. The van der Waals surface area contributed by atoms with E-state index in [1.54, 1.807) is 12.1 Å². The monoisotopic (exact) mass is 350 g/mol. The Hall–Kier alpha value is -2.51. The number of carbonyl (C=O) groups excluding carboxylic acids is 1. The van der Waals surface area contributed by atoms with E-state index < -0.39 is 18.3 Å². The number of nitrogens with one attached hydrogen (secondary N) is 1. The van der Waals surface area contributed by atoms with Gasteiger partial charge in [-0.1, -0.05) is 25.1 Å². The molecule has 2 aromatic rings. The van der Waals surface area contributed by atoms with Gasteiger partial charge in [-0.3, -0.25) is 4.79 Å². The Morgan fingerprint density at radius 2 is 1.92 bits per heavy atom. The highest BCUT2D eigenvalue weighted by Crippen LogP contribution is 2.30. The molecule has 1 amide bonds. The maximum atomic E-state index is 13.6. The molecule has 0 bridgehead atoms. The van der Waals surface area contributed by atoms with Crippen LogP contribution in [0.4, 0.5) is 8.78 Å². The van der Waals surface area contributed by atoms with Crippen molar-refractivity contribution in [3.05, 3.63) is 46.6 Å². The minimum absolute atomic E-state index is 0.0709. The number of rotatable bonds is 4. The first-order chi connectivity index (χ1) is 11.9. The summed E-state index contributed by atoms with van der Waals surface area (Å²) in [5, 5.41) is 6.58. The number of H-pyrrole nitrogens is 1. The average Bonchev–Trinajstić information content (AvgIpc) is 3.03. The lowest BCUT2D eigenvalue weighted by Gasteiger charge is -2.33. The lowest BCUT2D eigenvalue weighted by Crippen LogP contribution is -2.46. The van der Waals surface area contributed by atoms with Gasteiger partial charge < -0.3 is 4.90 Å². The van der Waals surface area contributed by atoms with E-state index in [9.17, 15) is 18.4 Å². The number of carbonyl (C=O) groups is 1. The number of amides is 1. The van der Waals surface area contributed by atoms with Gasteiger partial charge >= 0.3 is 11.6 Å². The molecule has 0 spiro atoms. The molecule has 1 N–H and O–H groups in total. The second kappa shape index (κ2) is 6.78. The van der Waals surface area contributed by atoms with Crippen LogP contribution in [-0.2, 0) is 4.79 Å². The normalized spacial score (nSPS) is 16.2. The number of hydrogen-bond donors (Lipinski definition) is 1. The van der Waals surface area contributed by atoms with Crippen molar-refractivity contribution in [2.45, 2.75) is 38.0 Å². The minimum atomic E-state index is -3.31. The van der Waals surface area contributed by atoms with Crippen molar-refractivity contribution in [2.75, 3.05) is 13.1 Å². The van der Waals surface area contributed by atoms with Crippen LogP contribution < -0.4 is 5.69 Å². The molecule has 0 atom stereocenters. The fourth-order valence-corrected chi connectivity index (χ4v) is 3.13. The van der Waals surface area contributed by atoms with Crippen LogP contribution in [0.15, 0.2) is 35.1 Å². The van der Waals surface area contributed by atoms with Crippen LogP contribution in [0.3, 0.4) is 0 Å².